The zero-order valence-electron chi connectivity index (χ0n) is 14.7. The predicted molar refractivity (Wildman–Crippen MR) is 99.2 cm³/mol. The van der Waals surface area contributed by atoms with Gasteiger partial charge in [-0.15, -0.1) is 0 Å². The summed E-state index contributed by atoms with van der Waals surface area (Å²) in [6.45, 7) is 2.26. The van der Waals surface area contributed by atoms with E-state index in [4.69, 9.17) is 11.6 Å². The molecule has 0 aliphatic carbocycles. The molecule has 2 heterocycles. The maximum atomic E-state index is 14.4. The number of aryl methyl sites for hydroxylation is 2. The quantitative estimate of drug-likeness (QED) is 0.750. The number of rotatable bonds is 4. The van der Waals surface area contributed by atoms with E-state index in [2.05, 4.69) is 10.4 Å². The zero-order chi connectivity index (χ0) is 18.8. The summed E-state index contributed by atoms with van der Waals surface area (Å²) in [5.74, 6) is -0.470. The highest BCUT2D eigenvalue weighted by Crippen LogP contribution is 2.19. The highest BCUT2D eigenvalue weighted by Gasteiger charge is 2.13. The molecule has 0 atom stereocenters. The maximum Gasteiger partial charge on any atom is 0.321 e. The van der Waals surface area contributed by atoms with E-state index in [9.17, 15) is 9.18 Å². The maximum absolute atomic E-state index is 14.4. The highest BCUT2D eigenvalue weighted by atomic mass is 35.5. The van der Waals surface area contributed by atoms with Crippen LogP contribution in [-0.2, 0) is 13.6 Å². The van der Waals surface area contributed by atoms with Gasteiger partial charge in [-0.3, -0.25) is 0 Å². The van der Waals surface area contributed by atoms with Crippen LogP contribution in [0.25, 0.3) is 5.69 Å². The van der Waals surface area contributed by atoms with Gasteiger partial charge >= 0.3 is 6.03 Å². The molecule has 0 aliphatic heterocycles. The fraction of sp³-hybridized carbons (Fsp3) is 0.222. The normalized spacial score (nSPS) is 10.8. The summed E-state index contributed by atoms with van der Waals surface area (Å²) in [6.07, 6.45) is 5.16. The van der Waals surface area contributed by atoms with Crippen LogP contribution in [0.5, 0.6) is 0 Å². The average Bonchev–Trinajstić information content (AvgIpc) is 3.13. The summed E-state index contributed by atoms with van der Waals surface area (Å²) in [5.41, 5.74) is 2.52. The number of anilines is 1. The predicted octanol–water partition coefficient (Wildman–Crippen LogP) is 3.98. The highest BCUT2D eigenvalue weighted by molar-refractivity contribution is 6.30. The molecule has 0 unspecified atom stereocenters. The molecule has 0 radical (unpaired) electrons. The van der Waals surface area contributed by atoms with Gasteiger partial charge in [0, 0.05) is 37.9 Å². The van der Waals surface area contributed by atoms with E-state index in [0.29, 0.717) is 22.9 Å². The van der Waals surface area contributed by atoms with Crippen LogP contribution in [0.3, 0.4) is 0 Å². The summed E-state index contributed by atoms with van der Waals surface area (Å²) in [7, 11) is 3.52. The largest absolute Gasteiger partial charge is 0.351 e. The summed E-state index contributed by atoms with van der Waals surface area (Å²) >= 11 is 5.95. The van der Waals surface area contributed by atoms with Gasteiger partial charge in [0.1, 0.15) is 5.69 Å². The SMILES string of the molecule is Cc1cnn(-c2ccc(NC(=O)N(C)Cc3cc(Cl)cn3C)cc2F)c1. The molecule has 0 spiro atoms. The van der Waals surface area contributed by atoms with Gasteiger partial charge < -0.3 is 14.8 Å². The van der Waals surface area contributed by atoms with Crippen molar-refractivity contribution in [2.45, 2.75) is 13.5 Å². The van der Waals surface area contributed by atoms with Crippen molar-refractivity contribution in [3.8, 4) is 5.69 Å². The molecule has 2 aromatic heterocycles. The number of aromatic nitrogens is 3. The van der Waals surface area contributed by atoms with Gasteiger partial charge in [0.25, 0.3) is 0 Å². The molecule has 6 nitrogen and oxygen atoms in total. The Balaban J connectivity index is 1.69. The van der Waals surface area contributed by atoms with Crippen molar-refractivity contribution in [1.82, 2.24) is 19.2 Å². The average molecular weight is 376 g/mol. The van der Waals surface area contributed by atoms with Crippen molar-refractivity contribution in [3.05, 3.63) is 65.0 Å². The lowest BCUT2D eigenvalue weighted by atomic mass is 10.2. The second-order valence-electron chi connectivity index (χ2n) is 6.18. The molecule has 3 aromatic rings. The molecule has 136 valence electrons. The second kappa shape index (κ2) is 7.21. The molecule has 26 heavy (non-hydrogen) atoms. The molecule has 3 rings (SSSR count). The van der Waals surface area contributed by atoms with E-state index in [1.165, 1.54) is 15.6 Å². The number of carbonyl (C=O) groups is 1. The van der Waals surface area contributed by atoms with E-state index in [1.54, 1.807) is 43.8 Å². The van der Waals surface area contributed by atoms with Gasteiger partial charge in [-0.25, -0.2) is 13.9 Å². The number of nitrogens with one attached hydrogen (secondary N) is 1. The van der Waals surface area contributed by atoms with E-state index < -0.39 is 5.82 Å². The van der Waals surface area contributed by atoms with Gasteiger partial charge in [0.2, 0.25) is 0 Å². The molecule has 8 heteroatoms. The summed E-state index contributed by atoms with van der Waals surface area (Å²) in [5, 5.41) is 7.39. The smallest absolute Gasteiger partial charge is 0.321 e. The minimum absolute atomic E-state index is 0.322. The summed E-state index contributed by atoms with van der Waals surface area (Å²) in [4.78, 5) is 13.8. The lowest BCUT2D eigenvalue weighted by Gasteiger charge is -2.18. The van der Waals surface area contributed by atoms with Crippen molar-refractivity contribution >= 4 is 23.3 Å². The number of hydrogen-bond acceptors (Lipinski definition) is 2. The third-order valence-corrected chi connectivity index (χ3v) is 4.18. The molecule has 0 fully saturated rings. The molecule has 0 saturated carbocycles. The summed E-state index contributed by atoms with van der Waals surface area (Å²) in [6, 6.07) is 5.95. The monoisotopic (exact) mass is 375 g/mol. The fourth-order valence-electron chi connectivity index (χ4n) is 2.57. The third kappa shape index (κ3) is 3.88. The number of urea groups is 1. The Hall–Kier alpha value is -2.80. The number of nitrogens with zero attached hydrogens (tertiary/aromatic N) is 4. The third-order valence-electron chi connectivity index (χ3n) is 3.98. The number of amides is 2. The molecule has 1 N–H and O–H groups in total. The van der Waals surface area contributed by atoms with Crippen LogP contribution in [0.15, 0.2) is 42.9 Å². The lowest BCUT2D eigenvalue weighted by Crippen LogP contribution is -2.31. The Morgan fingerprint density at radius 1 is 1.35 bits per heavy atom. The molecule has 0 saturated heterocycles. The van der Waals surface area contributed by atoms with E-state index in [0.717, 1.165) is 11.3 Å². The topological polar surface area (TPSA) is 55.1 Å². The van der Waals surface area contributed by atoms with Crippen LogP contribution in [0, 0.1) is 12.7 Å². The molecule has 1 aromatic carbocycles. The van der Waals surface area contributed by atoms with Crippen molar-refractivity contribution in [2.24, 2.45) is 7.05 Å². The minimum Gasteiger partial charge on any atom is -0.351 e. The first-order chi connectivity index (χ1) is 12.3. The van der Waals surface area contributed by atoms with E-state index in [-0.39, 0.29) is 6.03 Å². The fourth-order valence-corrected chi connectivity index (χ4v) is 2.84. The van der Waals surface area contributed by atoms with Crippen LogP contribution < -0.4 is 5.32 Å². The number of hydrogen-bond donors (Lipinski definition) is 1. The van der Waals surface area contributed by atoms with E-state index in [1.807, 2.05) is 18.5 Å². The van der Waals surface area contributed by atoms with Gasteiger partial charge in [-0.1, -0.05) is 11.6 Å². The van der Waals surface area contributed by atoms with Crippen LogP contribution >= 0.6 is 11.6 Å². The number of benzene rings is 1. The molecular formula is C18H19ClFN5O. The Morgan fingerprint density at radius 2 is 2.12 bits per heavy atom. The van der Waals surface area contributed by atoms with Crippen molar-refractivity contribution in [1.29, 1.82) is 0 Å². The number of halogens is 2. The van der Waals surface area contributed by atoms with Crippen LogP contribution in [0.2, 0.25) is 5.02 Å². The van der Waals surface area contributed by atoms with Crippen LogP contribution in [0.4, 0.5) is 14.9 Å². The first-order valence-electron chi connectivity index (χ1n) is 7.97. The first-order valence-corrected chi connectivity index (χ1v) is 8.35. The van der Waals surface area contributed by atoms with Crippen LogP contribution in [0.1, 0.15) is 11.3 Å². The van der Waals surface area contributed by atoms with Crippen molar-refractivity contribution in [3.63, 3.8) is 0 Å². The van der Waals surface area contributed by atoms with Crippen molar-refractivity contribution in [2.75, 3.05) is 12.4 Å². The standard InChI is InChI=1S/C18H19ClFN5O/c1-12-8-21-25(9-12)17-5-4-14(7-16(17)20)22-18(26)24(3)11-15-6-13(19)10-23(15)2/h4-10H,11H2,1-3H3,(H,22,26). The van der Waals surface area contributed by atoms with Gasteiger partial charge in [0.15, 0.2) is 5.82 Å². The van der Waals surface area contributed by atoms with Gasteiger partial charge in [-0.05, 0) is 36.8 Å². The van der Waals surface area contributed by atoms with Crippen molar-refractivity contribution < 1.29 is 9.18 Å². The Morgan fingerprint density at radius 3 is 2.69 bits per heavy atom. The molecule has 2 amide bonds. The Kier molecular flexibility index (Phi) is 4.99. The lowest BCUT2D eigenvalue weighted by molar-refractivity contribution is 0.220. The Bertz CT molecular complexity index is 949. The second-order valence-corrected chi connectivity index (χ2v) is 6.61. The van der Waals surface area contributed by atoms with Gasteiger partial charge in [-0.2, -0.15) is 5.10 Å². The van der Waals surface area contributed by atoms with Crippen LogP contribution in [-0.4, -0.2) is 32.3 Å². The minimum atomic E-state index is -0.470. The van der Waals surface area contributed by atoms with E-state index >= 15 is 0 Å². The number of carbonyl (C=O) groups excluding carboxylic acids is 1. The molecule has 0 aliphatic rings. The zero-order valence-corrected chi connectivity index (χ0v) is 15.5. The van der Waals surface area contributed by atoms with Gasteiger partial charge in [0.05, 0.1) is 17.8 Å². The first kappa shape index (κ1) is 18.0. The molecular weight excluding hydrogens is 357 g/mol. The summed E-state index contributed by atoms with van der Waals surface area (Å²) < 4.78 is 17.7. The molecule has 0 bridgehead atoms. The Labute approximate surface area is 155 Å².